The van der Waals surface area contributed by atoms with E-state index in [2.05, 4.69) is 31.2 Å². The van der Waals surface area contributed by atoms with Gasteiger partial charge in [0.1, 0.15) is 0 Å². The Morgan fingerprint density at radius 3 is 1.87 bits per heavy atom. The normalized spacial score (nSPS) is 10.9. The fourth-order valence-electron chi connectivity index (χ4n) is 1.45. The average molecular weight is 208 g/mol. The Morgan fingerprint density at radius 2 is 1.47 bits per heavy atom. The van der Waals surface area contributed by atoms with Crippen LogP contribution in [0.1, 0.15) is 38.2 Å². The lowest BCUT2D eigenvalue weighted by molar-refractivity contribution is -0.140. The molecule has 2 nitrogen and oxygen atoms in total. The molecule has 0 aliphatic heterocycles. The van der Waals surface area contributed by atoms with Gasteiger partial charge in [-0.05, 0) is 25.8 Å². The highest BCUT2D eigenvalue weighted by atomic mass is 16.7. The van der Waals surface area contributed by atoms with E-state index >= 15 is 0 Å². The number of rotatable bonds is 6. The minimum Gasteiger partial charge on any atom is -0.349 e. The van der Waals surface area contributed by atoms with Crippen molar-refractivity contribution in [2.45, 2.75) is 33.5 Å². The highest BCUT2D eigenvalue weighted by Gasteiger charge is 2.10. The summed E-state index contributed by atoms with van der Waals surface area (Å²) in [6.07, 6.45) is 0.847. The quantitative estimate of drug-likeness (QED) is 0.668. The van der Waals surface area contributed by atoms with E-state index in [1.54, 1.807) is 0 Å². The van der Waals surface area contributed by atoms with E-state index < -0.39 is 0 Å². The van der Waals surface area contributed by atoms with Crippen LogP contribution in [0.4, 0.5) is 0 Å². The highest BCUT2D eigenvalue weighted by molar-refractivity contribution is 5.23. The first-order chi connectivity index (χ1) is 7.31. The van der Waals surface area contributed by atoms with Gasteiger partial charge in [0, 0.05) is 18.8 Å². The summed E-state index contributed by atoms with van der Waals surface area (Å²) in [6.45, 7) is 7.44. The van der Waals surface area contributed by atoms with Gasteiger partial charge in [0.25, 0.3) is 0 Å². The summed E-state index contributed by atoms with van der Waals surface area (Å²) in [5, 5.41) is 0. The Hall–Kier alpha value is -0.860. The fraction of sp³-hybridized carbons (Fsp3) is 0.538. The largest absolute Gasteiger partial charge is 0.349 e. The number of hydrogen-bond donors (Lipinski definition) is 0. The fourth-order valence-corrected chi connectivity index (χ4v) is 1.45. The van der Waals surface area contributed by atoms with Crippen molar-refractivity contribution in [2.75, 3.05) is 13.2 Å². The van der Waals surface area contributed by atoms with Crippen molar-refractivity contribution >= 4 is 0 Å². The molecule has 84 valence electrons. The van der Waals surface area contributed by atoms with Crippen molar-refractivity contribution in [1.29, 1.82) is 0 Å². The van der Waals surface area contributed by atoms with Gasteiger partial charge in [-0.25, -0.2) is 0 Å². The van der Waals surface area contributed by atoms with Gasteiger partial charge in [-0.1, -0.05) is 31.2 Å². The molecule has 0 unspecified atom stereocenters. The maximum absolute atomic E-state index is 5.52. The molecule has 1 aromatic rings. The summed E-state index contributed by atoms with van der Waals surface area (Å²) in [5.74, 6) is 0. The Labute approximate surface area is 92.2 Å². The molecule has 0 bridgehead atoms. The minimum absolute atomic E-state index is 0.217. The van der Waals surface area contributed by atoms with E-state index in [4.69, 9.17) is 9.47 Å². The van der Waals surface area contributed by atoms with Crippen molar-refractivity contribution in [3.8, 4) is 0 Å². The van der Waals surface area contributed by atoms with Crippen LogP contribution in [0.3, 0.4) is 0 Å². The van der Waals surface area contributed by atoms with Crippen LogP contribution in [0.2, 0.25) is 0 Å². The Morgan fingerprint density at radius 1 is 0.933 bits per heavy atom. The zero-order chi connectivity index (χ0) is 11.1. The molecular weight excluding hydrogens is 188 g/mol. The second-order valence-electron chi connectivity index (χ2n) is 3.34. The van der Waals surface area contributed by atoms with E-state index in [-0.39, 0.29) is 6.29 Å². The molecule has 0 spiro atoms. The molecule has 1 rings (SSSR count). The van der Waals surface area contributed by atoms with Gasteiger partial charge in [-0.2, -0.15) is 0 Å². The first-order valence-corrected chi connectivity index (χ1v) is 5.63. The van der Waals surface area contributed by atoms with Crippen LogP contribution < -0.4 is 0 Å². The molecule has 0 radical (unpaired) electrons. The molecule has 0 fully saturated rings. The van der Waals surface area contributed by atoms with E-state index in [1.807, 2.05) is 13.8 Å². The smallest absolute Gasteiger partial charge is 0.183 e. The molecule has 0 saturated heterocycles. The number of benzene rings is 1. The topological polar surface area (TPSA) is 18.5 Å². The van der Waals surface area contributed by atoms with Crippen molar-refractivity contribution in [3.05, 3.63) is 35.4 Å². The van der Waals surface area contributed by atoms with Crippen LogP contribution in [-0.4, -0.2) is 13.2 Å². The number of hydrogen-bond acceptors (Lipinski definition) is 2. The Balaban J connectivity index is 2.72. The lowest BCUT2D eigenvalue weighted by Gasteiger charge is -2.17. The highest BCUT2D eigenvalue weighted by Crippen LogP contribution is 2.19. The van der Waals surface area contributed by atoms with E-state index in [1.165, 1.54) is 5.56 Å². The first-order valence-electron chi connectivity index (χ1n) is 5.63. The molecule has 0 amide bonds. The summed E-state index contributed by atoms with van der Waals surface area (Å²) in [6, 6.07) is 8.41. The molecule has 0 N–H and O–H groups in total. The maximum Gasteiger partial charge on any atom is 0.183 e. The predicted molar refractivity (Wildman–Crippen MR) is 61.8 cm³/mol. The molecule has 0 atom stereocenters. The van der Waals surface area contributed by atoms with Crippen molar-refractivity contribution in [2.24, 2.45) is 0 Å². The molecule has 2 heteroatoms. The van der Waals surface area contributed by atoms with Crippen molar-refractivity contribution < 1.29 is 9.47 Å². The molecule has 0 aliphatic rings. The SMILES string of the molecule is CCOC(OCC)c1ccc(CC)cc1. The second kappa shape index (κ2) is 6.59. The molecule has 15 heavy (non-hydrogen) atoms. The lowest BCUT2D eigenvalue weighted by Crippen LogP contribution is -2.08. The standard InChI is InChI=1S/C13H20O2/c1-4-11-7-9-12(10-8-11)13(14-5-2)15-6-3/h7-10,13H,4-6H2,1-3H3. The molecule has 1 aromatic carbocycles. The number of aryl methyl sites for hydroxylation is 1. The van der Waals surface area contributed by atoms with Gasteiger partial charge in [-0.3, -0.25) is 0 Å². The first kappa shape index (κ1) is 12.2. The molecule has 0 aromatic heterocycles. The minimum atomic E-state index is -0.217. The van der Waals surface area contributed by atoms with Crippen LogP contribution in [0.25, 0.3) is 0 Å². The van der Waals surface area contributed by atoms with Crippen molar-refractivity contribution in [3.63, 3.8) is 0 Å². The van der Waals surface area contributed by atoms with Gasteiger partial charge in [0.05, 0.1) is 0 Å². The molecule has 0 heterocycles. The van der Waals surface area contributed by atoms with Gasteiger partial charge < -0.3 is 9.47 Å². The van der Waals surface area contributed by atoms with Crippen LogP contribution in [0, 0.1) is 0 Å². The zero-order valence-electron chi connectivity index (χ0n) is 9.82. The van der Waals surface area contributed by atoms with E-state index in [9.17, 15) is 0 Å². The third-order valence-corrected chi connectivity index (χ3v) is 2.30. The van der Waals surface area contributed by atoms with E-state index in [0.29, 0.717) is 13.2 Å². The molecule has 0 aliphatic carbocycles. The van der Waals surface area contributed by atoms with Crippen LogP contribution >= 0.6 is 0 Å². The summed E-state index contributed by atoms with van der Waals surface area (Å²) < 4.78 is 11.0. The summed E-state index contributed by atoms with van der Waals surface area (Å²) in [7, 11) is 0. The van der Waals surface area contributed by atoms with Crippen molar-refractivity contribution in [1.82, 2.24) is 0 Å². The van der Waals surface area contributed by atoms with Gasteiger partial charge >= 0.3 is 0 Å². The number of ether oxygens (including phenoxy) is 2. The second-order valence-corrected chi connectivity index (χ2v) is 3.34. The summed E-state index contributed by atoms with van der Waals surface area (Å²) in [4.78, 5) is 0. The summed E-state index contributed by atoms with van der Waals surface area (Å²) in [5.41, 5.74) is 2.43. The van der Waals surface area contributed by atoms with Crippen LogP contribution in [-0.2, 0) is 15.9 Å². The monoisotopic (exact) mass is 208 g/mol. The average Bonchev–Trinajstić information content (AvgIpc) is 2.29. The Bertz CT molecular complexity index is 260. The maximum atomic E-state index is 5.52. The van der Waals surface area contributed by atoms with Gasteiger partial charge in [0.15, 0.2) is 6.29 Å². The third kappa shape index (κ3) is 3.65. The molecular formula is C13H20O2. The van der Waals surface area contributed by atoms with Gasteiger partial charge in [0.2, 0.25) is 0 Å². The van der Waals surface area contributed by atoms with Crippen LogP contribution in [0.5, 0.6) is 0 Å². The lowest BCUT2D eigenvalue weighted by atomic mass is 10.1. The predicted octanol–water partition coefficient (Wildman–Crippen LogP) is 3.32. The molecule has 0 saturated carbocycles. The zero-order valence-corrected chi connectivity index (χ0v) is 9.82. The summed E-state index contributed by atoms with van der Waals surface area (Å²) >= 11 is 0. The van der Waals surface area contributed by atoms with Crippen LogP contribution in [0.15, 0.2) is 24.3 Å². The van der Waals surface area contributed by atoms with Gasteiger partial charge in [-0.15, -0.1) is 0 Å². The Kier molecular flexibility index (Phi) is 5.37. The third-order valence-electron chi connectivity index (χ3n) is 2.30. The van der Waals surface area contributed by atoms with E-state index in [0.717, 1.165) is 12.0 Å².